The maximum atomic E-state index is 11.6. The minimum atomic E-state index is -3.76. The van der Waals surface area contributed by atoms with Crippen LogP contribution in [0.4, 0.5) is 5.82 Å². The third-order valence-corrected chi connectivity index (χ3v) is 6.31. The molecular weight excluding hydrogens is 420 g/mol. The molecule has 0 aliphatic heterocycles. The number of sulfonamides is 1. The Hall–Kier alpha value is -2.85. The topological polar surface area (TPSA) is 107 Å². The highest BCUT2D eigenvalue weighted by Gasteiger charge is 2.16. The molecule has 30 heavy (non-hydrogen) atoms. The molecule has 0 saturated carbocycles. The summed E-state index contributed by atoms with van der Waals surface area (Å²) in [7, 11) is -2.16. The SMILES string of the molecule is COCc1nc(NCc2cccc(S(N)(=O)=O)c2)c2c(-c3ccccc3)csc2n1. The second kappa shape index (κ2) is 8.49. The fraction of sp³-hybridized carbons (Fsp3) is 0.143. The van der Waals surface area contributed by atoms with Gasteiger partial charge in [-0.3, -0.25) is 0 Å². The van der Waals surface area contributed by atoms with Crippen LogP contribution in [0, 0.1) is 0 Å². The Morgan fingerprint density at radius 2 is 1.90 bits per heavy atom. The van der Waals surface area contributed by atoms with Crippen LogP contribution < -0.4 is 10.5 Å². The largest absolute Gasteiger partial charge is 0.377 e. The van der Waals surface area contributed by atoms with Crippen LogP contribution in [0.15, 0.2) is 64.9 Å². The van der Waals surface area contributed by atoms with E-state index in [4.69, 9.17) is 9.88 Å². The molecule has 154 valence electrons. The molecule has 4 rings (SSSR count). The van der Waals surface area contributed by atoms with E-state index in [0.29, 0.717) is 24.8 Å². The quantitative estimate of drug-likeness (QED) is 0.453. The summed E-state index contributed by atoms with van der Waals surface area (Å²) in [6, 6.07) is 16.6. The van der Waals surface area contributed by atoms with Crippen molar-refractivity contribution in [2.24, 2.45) is 5.14 Å². The van der Waals surface area contributed by atoms with Crippen LogP contribution in [0.1, 0.15) is 11.4 Å². The minimum Gasteiger partial charge on any atom is -0.377 e. The van der Waals surface area contributed by atoms with Crippen LogP contribution in [0.25, 0.3) is 21.3 Å². The van der Waals surface area contributed by atoms with Crippen molar-refractivity contribution >= 4 is 37.4 Å². The van der Waals surface area contributed by atoms with E-state index in [2.05, 4.69) is 20.7 Å². The molecule has 2 aromatic carbocycles. The fourth-order valence-electron chi connectivity index (χ4n) is 3.16. The zero-order valence-corrected chi connectivity index (χ0v) is 17.8. The second-order valence-corrected chi connectivity index (χ2v) is 9.08. The lowest BCUT2D eigenvalue weighted by atomic mass is 10.1. The number of hydrogen-bond donors (Lipinski definition) is 2. The first kappa shape index (κ1) is 20.4. The van der Waals surface area contributed by atoms with Crippen LogP contribution in [-0.2, 0) is 27.9 Å². The van der Waals surface area contributed by atoms with Gasteiger partial charge in [-0.25, -0.2) is 23.5 Å². The number of nitrogens with two attached hydrogens (primary N) is 1. The van der Waals surface area contributed by atoms with Crippen molar-refractivity contribution < 1.29 is 13.2 Å². The molecule has 0 unspecified atom stereocenters. The summed E-state index contributed by atoms with van der Waals surface area (Å²) in [5.74, 6) is 1.25. The predicted molar refractivity (Wildman–Crippen MR) is 119 cm³/mol. The zero-order chi connectivity index (χ0) is 21.1. The molecule has 0 radical (unpaired) electrons. The molecule has 0 bridgehead atoms. The van der Waals surface area contributed by atoms with Crippen LogP contribution >= 0.6 is 11.3 Å². The monoisotopic (exact) mass is 440 g/mol. The number of ether oxygens (including phenoxy) is 1. The number of anilines is 1. The van der Waals surface area contributed by atoms with Gasteiger partial charge in [0.05, 0.1) is 10.3 Å². The molecule has 0 aliphatic carbocycles. The van der Waals surface area contributed by atoms with Gasteiger partial charge in [0.15, 0.2) is 5.82 Å². The highest BCUT2D eigenvalue weighted by molar-refractivity contribution is 7.89. The molecule has 9 heteroatoms. The Bertz CT molecular complexity index is 1290. The van der Waals surface area contributed by atoms with Crippen molar-refractivity contribution in [2.45, 2.75) is 18.0 Å². The van der Waals surface area contributed by atoms with Crippen LogP contribution in [-0.4, -0.2) is 25.5 Å². The van der Waals surface area contributed by atoms with Gasteiger partial charge in [0, 0.05) is 24.6 Å². The van der Waals surface area contributed by atoms with Gasteiger partial charge in [-0.15, -0.1) is 11.3 Å². The number of rotatable bonds is 7. The third-order valence-electron chi connectivity index (χ3n) is 4.53. The molecule has 3 N–H and O–H groups in total. The summed E-state index contributed by atoms with van der Waals surface area (Å²) in [5, 5.41) is 11.6. The molecule has 0 saturated heterocycles. The number of thiophene rings is 1. The van der Waals surface area contributed by atoms with E-state index in [9.17, 15) is 8.42 Å². The molecule has 0 amide bonds. The zero-order valence-electron chi connectivity index (χ0n) is 16.2. The second-order valence-electron chi connectivity index (χ2n) is 6.66. The number of nitrogens with zero attached hydrogens (tertiary/aromatic N) is 2. The van der Waals surface area contributed by atoms with Gasteiger partial charge in [-0.2, -0.15) is 0 Å². The van der Waals surface area contributed by atoms with E-state index in [1.54, 1.807) is 30.6 Å². The molecule has 0 atom stereocenters. The van der Waals surface area contributed by atoms with Crippen LogP contribution in [0.5, 0.6) is 0 Å². The first-order valence-corrected chi connectivity index (χ1v) is 11.6. The Morgan fingerprint density at radius 1 is 1.10 bits per heavy atom. The Kier molecular flexibility index (Phi) is 5.78. The summed E-state index contributed by atoms with van der Waals surface area (Å²) in [5.41, 5.74) is 2.89. The summed E-state index contributed by atoms with van der Waals surface area (Å²) >= 11 is 1.55. The molecule has 2 heterocycles. The number of nitrogens with one attached hydrogen (secondary N) is 1. The maximum Gasteiger partial charge on any atom is 0.238 e. The average Bonchev–Trinajstić information content (AvgIpc) is 3.17. The lowest BCUT2D eigenvalue weighted by Gasteiger charge is -2.11. The molecule has 0 aliphatic rings. The van der Waals surface area contributed by atoms with Crippen LogP contribution in [0.2, 0.25) is 0 Å². The number of aromatic nitrogens is 2. The van der Waals surface area contributed by atoms with Crippen LogP contribution in [0.3, 0.4) is 0 Å². The Balaban J connectivity index is 1.74. The number of methoxy groups -OCH3 is 1. The molecule has 2 aromatic heterocycles. The van der Waals surface area contributed by atoms with E-state index in [-0.39, 0.29) is 4.90 Å². The summed E-state index contributed by atoms with van der Waals surface area (Å²) in [4.78, 5) is 10.2. The predicted octanol–water partition coefficient (Wildman–Crippen LogP) is 3.76. The highest BCUT2D eigenvalue weighted by atomic mass is 32.2. The summed E-state index contributed by atoms with van der Waals surface area (Å²) < 4.78 is 28.5. The maximum absolute atomic E-state index is 11.6. The highest BCUT2D eigenvalue weighted by Crippen LogP contribution is 2.37. The molecule has 0 fully saturated rings. The van der Waals surface area contributed by atoms with E-state index in [0.717, 1.165) is 26.9 Å². The van der Waals surface area contributed by atoms with E-state index >= 15 is 0 Å². The normalized spacial score (nSPS) is 11.7. The summed E-state index contributed by atoms with van der Waals surface area (Å²) in [6.07, 6.45) is 0. The minimum absolute atomic E-state index is 0.0789. The third kappa shape index (κ3) is 4.34. The lowest BCUT2D eigenvalue weighted by molar-refractivity contribution is 0.178. The van der Waals surface area contributed by atoms with Crippen molar-refractivity contribution in [3.63, 3.8) is 0 Å². The number of fused-ring (bicyclic) bond motifs is 1. The van der Waals surface area contributed by atoms with Crippen molar-refractivity contribution in [2.75, 3.05) is 12.4 Å². The lowest BCUT2D eigenvalue weighted by Crippen LogP contribution is -2.13. The average molecular weight is 441 g/mol. The van der Waals surface area contributed by atoms with Gasteiger partial charge >= 0.3 is 0 Å². The standard InChI is InChI=1S/C21H20N4O3S2/c1-28-12-18-24-20(23-11-14-6-5-9-16(10-14)30(22,26)27)19-17(13-29-21(19)25-18)15-7-3-2-4-8-15/h2-10,13H,11-12H2,1H3,(H2,22,26,27)(H,23,24,25). The fourth-order valence-corrected chi connectivity index (χ4v) is 4.71. The Labute approximate surface area is 178 Å². The van der Waals surface area contributed by atoms with Crippen molar-refractivity contribution in [1.82, 2.24) is 9.97 Å². The first-order valence-electron chi connectivity index (χ1n) is 9.14. The number of benzene rings is 2. The molecule has 4 aromatic rings. The first-order chi connectivity index (χ1) is 14.5. The molecule has 0 spiro atoms. The number of primary sulfonamides is 1. The van der Waals surface area contributed by atoms with Crippen molar-refractivity contribution in [3.05, 3.63) is 71.4 Å². The van der Waals surface area contributed by atoms with Crippen molar-refractivity contribution in [3.8, 4) is 11.1 Å². The van der Waals surface area contributed by atoms with Gasteiger partial charge < -0.3 is 10.1 Å². The van der Waals surface area contributed by atoms with Gasteiger partial charge in [0.1, 0.15) is 17.3 Å². The van der Waals surface area contributed by atoms with Gasteiger partial charge in [0.2, 0.25) is 10.0 Å². The van der Waals surface area contributed by atoms with E-state index in [1.807, 2.05) is 36.4 Å². The van der Waals surface area contributed by atoms with Crippen molar-refractivity contribution in [1.29, 1.82) is 0 Å². The smallest absolute Gasteiger partial charge is 0.238 e. The molecular formula is C21H20N4O3S2. The summed E-state index contributed by atoms with van der Waals surface area (Å²) in [6.45, 7) is 0.677. The van der Waals surface area contributed by atoms with Gasteiger partial charge in [-0.1, -0.05) is 42.5 Å². The molecule has 7 nitrogen and oxygen atoms in total. The van der Waals surface area contributed by atoms with Gasteiger partial charge in [0.25, 0.3) is 0 Å². The Morgan fingerprint density at radius 3 is 2.63 bits per heavy atom. The van der Waals surface area contributed by atoms with E-state index < -0.39 is 10.0 Å². The number of hydrogen-bond acceptors (Lipinski definition) is 7. The van der Waals surface area contributed by atoms with Gasteiger partial charge in [-0.05, 0) is 23.3 Å². The van der Waals surface area contributed by atoms with E-state index in [1.165, 1.54) is 6.07 Å².